The minimum absolute atomic E-state index is 0.0224. The maximum Gasteiger partial charge on any atom is 0.0744 e. The number of hydrogen-bond donors (Lipinski definition) is 1. The molecule has 0 bridgehead atoms. The highest BCUT2D eigenvalue weighted by Gasteiger charge is 2.62. The van der Waals surface area contributed by atoms with Crippen LogP contribution in [0.5, 0.6) is 0 Å². The first-order valence-corrected chi connectivity index (χ1v) is 12.5. The van der Waals surface area contributed by atoms with Gasteiger partial charge in [-0.15, -0.1) is 6.58 Å². The molecule has 2 fully saturated rings. The summed E-state index contributed by atoms with van der Waals surface area (Å²) in [5.41, 5.74) is 7.16. The third-order valence-corrected chi connectivity index (χ3v) is 9.26. The van der Waals surface area contributed by atoms with Crippen molar-refractivity contribution in [2.75, 3.05) is 19.0 Å². The molecule has 5 rings (SSSR count). The van der Waals surface area contributed by atoms with Crippen molar-refractivity contribution in [2.24, 2.45) is 17.3 Å². The Morgan fingerprint density at radius 2 is 1.90 bits per heavy atom. The number of allylic oxidation sites excluding steroid dienone is 4. The summed E-state index contributed by atoms with van der Waals surface area (Å²) in [7, 11) is 4.19. The molecule has 0 spiro atoms. The Hall–Kier alpha value is -1.80. The van der Waals surface area contributed by atoms with Crippen LogP contribution in [0.3, 0.4) is 0 Å². The van der Waals surface area contributed by atoms with E-state index in [-0.39, 0.29) is 5.41 Å². The van der Waals surface area contributed by atoms with Crippen molar-refractivity contribution in [3.63, 3.8) is 0 Å². The highest BCUT2D eigenvalue weighted by Crippen LogP contribution is 2.65. The fourth-order valence-electron chi connectivity index (χ4n) is 7.78. The number of hydrogen-bond acceptors (Lipinski definition) is 2. The number of anilines is 1. The summed E-state index contributed by atoms with van der Waals surface area (Å²) in [5.74, 6) is 1.28. The quantitative estimate of drug-likeness (QED) is 0.545. The van der Waals surface area contributed by atoms with Gasteiger partial charge in [-0.2, -0.15) is 0 Å². The van der Waals surface area contributed by atoms with Crippen LogP contribution in [0.4, 0.5) is 5.69 Å². The van der Waals surface area contributed by atoms with E-state index in [1.54, 1.807) is 16.7 Å². The first-order valence-electron chi connectivity index (χ1n) is 12.5. The summed E-state index contributed by atoms with van der Waals surface area (Å²) in [5, 5.41) is 12.1. The molecule has 0 aliphatic heterocycles. The second-order valence-corrected chi connectivity index (χ2v) is 10.8. The van der Waals surface area contributed by atoms with Gasteiger partial charge in [0.25, 0.3) is 0 Å². The molecule has 2 nitrogen and oxygen atoms in total. The lowest BCUT2D eigenvalue weighted by molar-refractivity contribution is -0.0982. The fraction of sp³-hybridized carbons (Fsp3) is 0.586. The van der Waals surface area contributed by atoms with E-state index in [1.165, 1.54) is 56.2 Å². The third kappa shape index (κ3) is 3.33. The van der Waals surface area contributed by atoms with Crippen molar-refractivity contribution in [1.29, 1.82) is 0 Å². The van der Waals surface area contributed by atoms with Crippen LogP contribution >= 0.6 is 0 Å². The lowest BCUT2D eigenvalue weighted by atomic mass is 9.52. The molecule has 2 heteroatoms. The molecule has 4 aliphatic rings. The Bertz CT molecular complexity index is 907. The molecule has 31 heavy (non-hydrogen) atoms. The molecule has 0 aromatic heterocycles. The molecule has 0 heterocycles. The van der Waals surface area contributed by atoms with Crippen molar-refractivity contribution < 1.29 is 5.11 Å². The lowest BCUT2D eigenvalue weighted by Gasteiger charge is -2.54. The van der Waals surface area contributed by atoms with E-state index < -0.39 is 5.60 Å². The number of benzene rings is 1. The van der Waals surface area contributed by atoms with Gasteiger partial charge in [0.15, 0.2) is 0 Å². The van der Waals surface area contributed by atoms with Gasteiger partial charge in [-0.25, -0.2) is 0 Å². The summed E-state index contributed by atoms with van der Waals surface area (Å²) in [6.07, 6.45) is 17.1. The molecule has 2 saturated carbocycles. The van der Waals surface area contributed by atoms with Gasteiger partial charge < -0.3 is 10.0 Å². The van der Waals surface area contributed by atoms with E-state index in [1.807, 2.05) is 6.08 Å². The Kier molecular flexibility index (Phi) is 5.41. The van der Waals surface area contributed by atoms with Crippen LogP contribution in [0.25, 0.3) is 0 Å². The van der Waals surface area contributed by atoms with Gasteiger partial charge >= 0.3 is 0 Å². The van der Waals surface area contributed by atoms with Gasteiger partial charge in [-0.3, -0.25) is 0 Å². The van der Waals surface area contributed by atoms with Crippen molar-refractivity contribution in [2.45, 2.75) is 76.2 Å². The molecule has 0 amide bonds. The van der Waals surface area contributed by atoms with Crippen molar-refractivity contribution in [3.05, 3.63) is 65.3 Å². The van der Waals surface area contributed by atoms with Gasteiger partial charge in [-0.1, -0.05) is 29.9 Å². The molecular formula is C29H39NO. The fourth-order valence-corrected chi connectivity index (χ4v) is 7.78. The number of fused-ring (bicyclic) bond motifs is 4. The summed E-state index contributed by atoms with van der Waals surface area (Å²) in [4.78, 5) is 2.16. The highest BCUT2D eigenvalue weighted by molar-refractivity contribution is 5.47. The zero-order valence-corrected chi connectivity index (χ0v) is 19.5. The molecule has 0 unspecified atom stereocenters. The Labute approximate surface area is 188 Å². The third-order valence-electron chi connectivity index (χ3n) is 9.26. The summed E-state index contributed by atoms with van der Waals surface area (Å²) < 4.78 is 0. The van der Waals surface area contributed by atoms with E-state index >= 15 is 0 Å². The first-order chi connectivity index (χ1) is 15.0. The van der Waals surface area contributed by atoms with E-state index in [9.17, 15) is 5.11 Å². The van der Waals surface area contributed by atoms with Crippen molar-refractivity contribution in [3.8, 4) is 0 Å². The normalized spacial score (nSPS) is 34.5. The summed E-state index contributed by atoms with van der Waals surface area (Å²) >= 11 is 0. The van der Waals surface area contributed by atoms with E-state index in [2.05, 4.69) is 55.9 Å². The lowest BCUT2D eigenvalue weighted by Crippen LogP contribution is -2.52. The molecule has 1 N–H and O–H groups in total. The highest BCUT2D eigenvalue weighted by atomic mass is 16.3. The molecular weight excluding hydrogens is 378 g/mol. The predicted octanol–water partition coefficient (Wildman–Crippen LogP) is 6.61. The first kappa shape index (κ1) is 21.1. The number of nitrogens with zero attached hydrogens (tertiary/aromatic N) is 1. The van der Waals surface area contributed by atoms with E-state index in [0.717, 1.165) is 25.7 Å². The van der Waals surface area contributed by atoms with Crippen LogP contribution in [0.2, 0.25) is 0 Å². The van der Waals surface area contributed by atoms with Gasteiger partial charge in [0, 0.05) is 25.2 Å². The standard InChI is InChI=1S/C29H39NO/c1-4-17-29(31)19-16-27-26-14-11-22-7-5-6-8-24(22)25(26)15-18-28(27,29)20-21-9-12-23(13-10-21)30(2)3/h4,7,9-10,12-13,26-27,31H,1,5-6,8,11,14-20H2,2-3H3/t26-,27+,28-,29+/m1/s1. The van der Waals surface area contributed by atoms with Crippen LogP contribution in [-0.2, 0) is 6.42 Å². The largest absolute Gasteiger partial charge is 0.389 e. The van der Waals surface area contributed by atoms with Crippen LogP contribution < -0.4 is 4.90 Å². The second kappa shape index (κ2) is 7.96. The van der Waals surface area contributed by atoms with E-state index in [4.69, 9.17) is 0 Å². The Morgan fingerprint density at radius 3 is 2.65 bits per heavy atom. The molecule has 4 aliphatic carbocycles. The topological polar surface area (TPSA) is 23.5 Å². The number of rotatable bonds is 5. The van der Waals surface area contributed by atoms with Gasteiger partial charge in [-0.05, 0) is 111 Å². The SMILES string of the molecule is C=CC[C@]1(O)CC[C@H]2[C@@H]3CCC4=CCCCC4=C3CC[C@@]21Cc1ccc(N(C)C)cc1. The summed E-state index contributed by atoms with van der Waals surface area (Å²) in [6, 6.07) is 9.06. The molecule has 0 saturated heterocycles. The maximum absolute atomic E-state index is 12.1. The van der Waals surface area contributed by atoms with Crippen LogP contribution in [-0.4, -0.2) is 24.8 Å². The smallest absolute Gasteiger partial charge is 0.0744 e. The zero-order valence-electron chi connectivity index (χ0n) is 19.5. The van der Waals surface area contributed by atoms with E-state index in [0.29, 0.717) is 11.8 Å². The van der Waals surface area contributed by atoms with Gasteiger partial charge in [0.2, 0.25) is 0 Å². The molecule has 166 valence electrons. The predicted molar refractivity (Wildman–Crippen MR) is 130 cm³/mol. The monoisotopic (exact) mass is 417 g/mol. The summed E-state index contributed by atoms with van der Waals surface area (Å²) in [6.45, 7) is 4.03. The molecule has 4 atom stereocenters. The second-order valence-electron chi connectivity index (χ2n) is 10.8. The molecule has 1 aromatic rings. The minimum Gasteiger partial charge on any atom is -0.389 e. The van der Waals surface area contributed by atoms with Crippen LogP contribution in [0.15, 0.2) is 59.7 Å². The van der Waals surface area contributed by atoms with Gasteiger partial charge in [0.1, 0.15) is 0 Å². The molecule has 1 aromatic carbocycles. The number of aliphatic hydroxyl groups is 1. The van der Waals surface area contributed by atoms with Crippen LogP contribution in [0.1, 0.15) is 69.8 Å². The zero-order chi connectivity index (χ0) is 21.6. The van der Waals surface area contributed by atoms with Crippen molar-refractivity contribution in [1.82, 2.24) is 0 Å². The minimum atomic E-state index is -0.613. The maximum atomic E-state index is 12.1. The van der Waals surface area contributed by atoms with Crippen molar-refractivity contribution >= 4 is 5.69 Å². The Morgan fingerprint density at radius 1 is 1.10 bits per heavy atom. The Balaban J connectivity index is 1.53. The van der Waals surface area contributed by atoms with Gasteiger partial charge in [0.05, 0.1) is 5.60 Å². The average molecular weight is 418 g/mol. The average Bonchev–Trinajstić information content (AvgIpc) is 3.06. The molecule has 0 radical (unpaired) electrons. The van der Waals surface area contributed by atoms with Crippen LogP contribution in [0, 0.1) is 17.3 Å².